The maximum absolute atomic E-state index is 12.1. The Kier molecular flexibility index (Phi) is 3.82. The predicted octanol–water partition coefficient (Wildman–Crippen LogP) is 1.39. The second-order valence-electron chi connectivity index (χ2n) is 6.17. The molecule has 1 saturated heterocycles. The molecule has 104 valence electrons. The number of nitrogens with zero attached hydrogens (tertiary/aromatic N) is 1. The summed E-state index contributed by atoms with van der Waals surface area (Å²) >= 11 is 0. The zero-order valence-corrected chi connectivity index (χ0v) is 11.4. The third kappa shape index (κ3) is 2.95. The SMILES string of the molecule is CC(C)(C)OC(=O)N1CCO[C@H]2C[C@H](CO)C[C@@H]21. The van der Waals surface area contributed by atoms with Gasteiger partial charge < -0.3 is 19.5 Å². The Bertz CT molecular complexity index is 313. The summed E-state index contributed by atoms with van der Waals surface area (Å²) in [7, 11) is 0. The zero-order valence-electron chi connectivity index (χ0n) is 11.4. The van der Waals surface area contributed by atoms with Gasteiger partial charge in [0.25, 0.3) is 0 Å². The molecule has 0 unspecified atom stereocenters. The molecule has 2 rings (SSSR count). The average molecular weight is 257 g/mol. The summed E-state index contributed by atoms with van der Waals surface area (Å²) in [6.07, 6.45) is 1.43. The largest absolute Gasteiger partial charge is 0.444 e. The monoisotopic (exact) mass is 257 g/mol. The van der Waals surface area contributed by atoms with Crippen LogP contribution in [0.2, 0.25) is 0 Å². The molecule has 2 fully saturated rings. The van der Waals surface area contributed by atoms with Crippen molar-refractivity contribution in [2.24, 2.45) is 5.92 Å². The third-order valence-electron chi connectivity index (χ3n) is 3.52. The van der Waals surface area contributed by atoms with Crippen LogP contribution >= 0.6 is 0 Å². The van der Waals surface area contributed by atoms with Gasteiger partial charge in [0.1, 0.15) is 5.60 Å². The fourth-order valence-corrected chi connectivity index (χ4v) is 2.75. The van der Waals surface area contributed by atoms with Gasteiger partial charge >= 0.3 is 6.09 Å². The van der Waals surface area contributed by atoms with Crippen molar-refractivity contribution in [3.05, 3.63) is 0 Å². The molecule has 5 nitrogen and oxygen atoms in total. The number of morpholine rings is 1. The van der Waals surface area contributed by atoms with E-state index in [0.717, 1.165) is 12.8 Å². The molecule has 1 amide bonds. The van der Waals surface area contributed by atoms with Gasteiger partial charge in [-0.1, -0.05) is 0 Å². The highest BCUT2D eigenvalue weighted by Crippen LogP contribution is 2.34. The Morgan fingerprint density at radius 3 is 2.78 bits per heavy atom. The number of carbonyl (C=O) groups excluding carboxylic acids is 1. The lowest BCUT2D eigenvalue weighted by Gasteiger charge is -2.38. The fraction of sp³-hybridized carbons (Fsp3) is 0.923. The summed E-state index contributed by atoms with van der Waals surface area (Å²) in [6.45, 7) is 6.90. The lowest BCUT2D eigenvalue weighted by atomic mass is 10.1. The van der Waals surface area contributed by atoms with Crippen LogP contribution < -0.4 is 0 Å². The Morgan fingerprint density at radius 2 is 2.17 bits per heavy atom. The van der Waals surface area contributed by atoms with Gasteiger partial charge in [-0.25, -0.2) is 4.79 Å². The number of ether oxygens (including phenoxy) is 2. The van der Waals surface area contributed by atoms with E-state index in [4.69, 9.17) is 9.47 Å². The van der Waals surface area contributed by atoms with Gasteiger partial charge in [-0.05, 0) is 39.5 Å². The van der Waals surface area contributed by atoms with Crippen LogP contribution in [0.15, 0.2) is 0 Å². The second kappa shape index (κ2) is 5.05. The van der Waals surface area contributed by atoms with E-state index < -0.39 is 5.60 Å². The molecule has 0 aromatic heterocycles. The van der Waals surface area contributed by atoms with E-state index in [-0.39, 0.29) is 30.8 Å². The first-order valence-corrected chi connectivity index (χ1v) is 6.63. The van der Waals surface area contributed by atoms with E-state index in [1.165, 1.54) is 0 Å². The van der Waals surface area contributed by atoms with Crippen molar-refractivity contribution >= 4 is 6.09 Å². The van der Waals surface area contributed by atoms with E-state index in [9.17, 15) is 9.90 Å². The van der Waals surface area contributed by atoms with Gasteiger partial charge in [0, 0.05) is 13.2 Å². The van der Waals surface area contributed by atoms with Crippen LogP contribution in [-0.2, 0) is 9.47 Å². The molecule has 1 saturated carbocycles. The zero-order chi connectivity index (χ0) is 13.3. The topological polar surface area (TPSA) is 59.0 Å². The van der Waals surface area contributed by atoms with Crippen molar-refractivity contribution in [2.75, 3.05) is 19.8 Å². The van der Waals surface area contributed by atoms with Crippen molar-refractivity contribution in [1.29, 1.82) is 0 Å². The maximum Gasteiger partial charge on any atom is 0.410 e. The number of carbonyl (C=O) groups is 1. The molecule has 0 spiro atoms. The molecule has 1 N–H and O–H groups in total. The lowest BCUT2D eigenvalue weighted by Crippen LogP contribution is -2.52. The van der Waals surface area contributed by atoms with Crippen LogP contribution in [0.1, 0.15) is 33.6 Å². The quantitative estimate of drug-likeness (QED) is 0.771. The van der Waals surface area contributed by atoms with Gasteiger partial charge in [-0.2, -0.15) is 0 Å². The van der Waals surface area contributed by atoms with Gasteiger partial charge in [-0.15, -0.1) is 0 Å². The molecular weight excluding hydrogens is 234 g/mol. The third-order valence-corrected chi connectivity index (χ3v) is 3.52. The summed E-state index contributed by atoms with van der Waals surface area (Å²) in [4.78, 5) is 13.9. The highest BCUT2D eigenvalue weighted by molar-refractivity contribution is 5.68. The van der Waals surface area contributed by atoms with Crippen LogP contribution in [0.4, 0.5) is 4.79 Å². The second-order valence-corrected chi connectivity index (χ2v) is 6.17. The van der Waals surface area contributed by atoms with Gasteiger partial charge in [0.2, 0.25) is 0 Å². The summed E-state index contributed by atoms with van der Waals surface area (Å²) < 4.78 is 11.1. The summed E-state index contributed by atoms with van der Waals surface area (Å²) in [5, 5.41) is 9.23. The predicted molar refractivity (Wildman–Crippen MR) is 66.3 cm³/mol. The molecule has 1 aliphatic heterocycles. The average Bonchev–Trinajstić information content (AvgIpc) is 2.68. The van der Waals surface area contributed by atoms with E-state index in [0.29, 0.717) is 13.2 Å². The normalized spacial score (nSPS) is 32.2. The molecular formula is C13H23NO4. The molecule has 3 atom stereocenters. The maximum atomic E-state index is 12.1. The Labute approximate surface area is 108 Å². The number of hydrogen-bond donors (Lipinski definition) is 1. The number of rotatable bonds is 1. The van der Waals surface area contributed by atoms with Gasteiger partial charge in [-0.3, -0.25) is 0 Å². The van der Waals surface area contributed by atoms with Gasteiger partial charge in [0.05, 0.1) is 18.8 Å². The van der Waals surface area contributed by atoms with Crippen LogP contribution in [0, 0.1) is 5.92 Å². The minimum Gasteiger partial charge on any atom is -0.444 e. The first kappa shape index (κ1) is 13.6. The molecule has 18 heavy (non-hydrogen) atoms. The van der Waals surface area contributed by atoms with Crippen LogP contribution in [0.3, 0.4) is 0 Å². The van der Waals surface area contributed by atoms with Crippen molar-refractivity contribution in [2.45, 2.75) is 51.4 Å². The minimum atomic E-state index is -0.472. The first-order valence-electron chi connectivity index (χ1n) is 6.63. The molecule has 2 aliphatic rings. The Morgan fingerprint density at radius 1 is 1.44 bits per heavy atom. The van der Waals surface area contributed by atoms with Crippen molar-refractivity contribution < 1.29 is 19.4 Å². The van der Waals surface area contributed by atoms with Crippen molar-refractivity contribution in [3.63, 3.8) is 0 Å². The van der Waals surface area contributed by atoms with E-state index >= 15 is 0 Å². The number of fused-ring (bicyclic) bond motifs is 1. The van der Waals surface area contributed by atoms with Crippen LogP contribution in [0.5, 0.6) is 0 Å². The molecule has 1 aliphatic carbocycles. The molecule has 0 aromatic rings. The summed E-state index contributed by atoms with van der Waals surface area (Å²) in [6, 6.07) is 0.0609. The van der Waals surface area contributed by atoms with Crippen LogP contribution in [0.25, 0.3) is 0 Å². The smallest absolute Gasteiger partial charge is 0.410 e. The van der Waals surface area contributed by atoms with E-state index in [1.807, 2.05) is 20.8 Å². The van der Waals surface area contributed by atoms with E-state index in [2.05, 4.69) is 0 Å². The molecule has 5 heteroatoms. The molecule has 0 aromatic carbocycles. The number of aliphatic hydroxyl groups is 1. The number of hydrogen-bond acceptors (Lipinski definition) is 4. The highest BCUT2D eigenvalue weighted by Gasteiger charge is 2.43. The molecule has 0 radical (unpaired) electrons. The Balaban J connectivity index is 2.02. The standard InChI is InChI=1S/C13H23NO4/c1-13(2,3)18-12(16)14-4-5-17-11-7-9(8-15)6-10(11)14/h9-11,15H,4-8H2,1-3H3/t9-,10+,11+/m1/s1. The number of amides is 1. The number of aliphatic hydroxyl groups excluding tert-OH is 1. The van der Waals surface area contributed by atoms with Crippen molar-refractivity contribution in [1.82, 2.24) is 4.90 Å². The summed E-state index contributed by atoms with van der Waals surface area (Å²) in [5.41, 5.74) is -0.472. The molecule has 0 bridgehead atoms. The fourth-order valence-electron chi connectivity index (χ4n) is 2.75. The van der Waals surface area contributed by atoms with E-state index in [1.54, 1.807) is 4.90 Å². The molecule has 1 heterocycles. The van der Waals surface area contributed by atoms with Crippen molar-refractivity contribution in [3.8, 4) is 0 Å². The Hall–Kier alpha value is -0.810. The van der Waals surface area contributed by atoms with Gasteiger partial charge in [0.15, 0.2) is 0 Å². The van der Waals surface area contributed by atoms with Crippen LogP contribution in [-0.4, -0.2) is 53.6 Å². The first-order chi connectivity index (χ1) is 8.40. The highest BCUT2D eigenvalue weighted by atomic mass is 16.6. The lowest BCUT2D eigenvalue weighted by molar-refractivity contribution is -0.0635. The minimum absolute atomic E-state index is 0.0587. The summed E-state index contributed by atoms with van der Waals surface area (Å²) in [5.74, 6) is 0.239.